The van der Waals surface area contributed by atoms with Crippen molar-refractivity contribution in [2.75, 3.05) is 24.3 Å². The molecule has 0 bridgehead atoms. The van der Waals surface area contributed by atoms with Crippen LogP contribution in [0, 0.1) is 16.0 Å². The van der Waals surface area contributed by atoms with Crippen LogP contribution in [0.3, 0.4) is 0 Å². The number of hydrogen-bond acceptors (Lipinski definition) is 7. The third-order valence-corrected chi connectivity index (χ3v) is 7.22. The second kappa shape index (κ2) is 9.31. The van der Waals surface area contributed by atoms with Gasteiger partial charge in [-0.05, 0) is 85.7 Å². The van der Waals surface area contributed by atoms with Gasteiger partial charge in [0.15, 0.2) is 5.75 Å². The van der Waals surface area contributed by atoms with E-state index >= 15 is 0 Å². The van der Waals surface area contributed by atoms with Crippen LogP contribution in [0.25, 0.3) is 11.1 Å². The minimum atomic E-state index is -0.722. The number of aromatic hydroxyl groups is 1. The zero-order valence-electron chi connectivity index (χ0n) is 21.1. The maximum Gasteiger partial charge on any atom is 0.310 e. The van der Waals surface area contributed by atoms with Gasteiger partial charge in [0.05, 0.1) is 28.8 Å². The van der Waals surface area contributed by atoms with Crippen molar-refractivity contribution in [2.24, 2.45) is 5.92 Å². The van der Waals surface area contributed by atoms with Crippen LogP contribution in [0.1, 0.15) is 37.8 Å². The Morgan fingerprint density at radius 1 is 1.11 bits per heavy atom. The lowest BCUT2D eigenvalue weighted by molar-refractivity contribution is -0.385. The molecule has 1 heterocycles. The van der Waals surface area contributed by atoms with Gasteiger partial charge in [0.2, 0.25) is 5.91 Å². The number of amides is 1. The highest BCUT2D eigenvalue weighted by Gasteiger charge is 2.32. The molecular formula is C28H30N4O5. The Bertz CT molecular complexity index is 1400. The maximum absolute atomic E-state index is 13.0. The van der Waals surface area contributed by atoms with E-state index in [0.717, 1.165) is 23.5 Å². The Morgan fingerprint density at radius 2 is 1.89 bits per heavy atom. The number of phenolic OH excluding ortho intramolecular Hbond substituents is 1. The number of ether oxygens (including phenoxy) is 1. The molecule has 5 rings (SSSR count). The van der Waals surface area contributed by atoms with E-state index in [1.54, 1.807) is 18.2 Å². The van der Waals surface area contributed by atoms with E-state index in [-0.39, 0.29) is 23.1 Å². The van der Waals surface area contributed by atoms with Gasteiger partial charge < -0.3 is 25.8 Å². The van der Waals surface area contributed by atoms with Crippen molar-refractivity contribution >= 4 is 28.7 Å². The van der Waals surface area contributed by atoms with Gasteiger partial charge in [-0.25, -0.2) is 0 Å². The summed E-state index contributed by atoms with van der Waals surface area (Å²) in [6.07, 6.45) is 2.35. The fourth-order valence-electron chi connectivity index (χ4n) is 4.56. The molecule has 1 aliphatic carbocycles. The van der Waals surface area contributed by atoms with Crippen LogP contribution in [0.15, 0.2) is 48.5 Å². The molecule has 9 nitrogen and oxygen atoms in total. The smallest absolute Gasteiger partial charge is 0.310 e. The van der Waals surface area contributed by atoms with Gasteiger partial charge >= 0.3 is 5.69 Å². The molecule has 3 aromatic rings. The molecule has 3 aromatic carbocycles. The minimum Gasteiger partial charge on any atom is -0.507 e. The SMILES string of the molecule is COc1cc(-c2cc(O)c3c(c2)Nc2cc(C(C)(C)C(=O)NCC4CC4)ccc2NC3)ccc1[N+](=O)[O-]. The maximum atomic E-state index is 13.0. The van der Waals surface area contributed by atoms with Gasteiger partial charge in [-0.3, -0.25) is 14.9 Å². The van der Waals surface area contributed by atoms with Crippen LogP contribution in [0.4, 0.5) is 22.7 Å². The first-order valence-corrected chi connectivity index (χ1v) is 12.3. The minimum absolute atomic E-state index is 0.00613. The van der Waals surface area contributed by atoms with Gasteiger partial charge in [0, 0.05) is 30.4 Å². The van der Waals surface area contributed by atoms with Crippen molar-refractivity contribution in [3.8, 4) is 22.6 Å². The Kier molecular flexibility index (Phi) is 6.15. The fourth-order valence-corrected chi connectivity index (χ4v) is 4.56. The Balaban J connectivity index is 1.47. The van der Waals surface area contributed by atoms with Gasteiger partial charge in [0.25, 0.3) is 0 Å². The predicted octanol–water partition coefficient (Wildman–Crippen LogP) is 5.45. The van der Waals surface area contributed by atoms with Gasteiger partial charge in [-0.2, -0.15) is 0 Å². The summed E-state index contributed by atoms with van der Waals surface area (Å²) in [5.41, 5.74) is 4.40. The molecule has 2 aliphatic rings. The number of benzene rings is 3. The molecule has 1 saturated carbocycles. The highest BCUT2D eigenvalue weighted by atomic mass is 16.6. The molecule has 4 N–H and O–H groups in total. The first-order valence-electron chi connectivity index (χ1n) is 12.3. The first kappa shape index (κ1) is 24.4. The monoisotopic (exact) mass is 502 g/mol. The van der Waals surface area contributed by atoms with Crippen LogP contribution < -0.4 is 20.7 Å². The number of carbonyl (C=O) groups excluding carboxylic acids is 1. The summed E-state index contributed by atoms with van der Waals surface area (Å²) < 4.78 is 5.21. The third-order valence-electron chi connectivity index (χ3n) is 7.22. The van der Waals surface area contributed by atoms with Crippen molar-refractivity contribution in [2.45, 2.75) is 38.6 Å². The first-order chi connectivity index (χ1) is 17.7. The van der Waals surface area contributed by atoms with E-state index in [9.17, 15) is 20.0 Å². The average Bonchev–Trinajstić information content (AvgIpc) is 3.72. The zero-order chi connectivity index (χ0) is 26.3. The van der Waals surface area contributed by atoms with E-state index in [1.807, 2.05) is 38.1 Å². The standard InChI is InChI=1S/C28H30N4O5/c1-28(2,27(34)30-14-16-4-5-16)19-7-8-21-23(13-19)31-22-10-18(11-25(33)20(22)15-29-21)17-6-9-24(32(35)36)26(12-17)37-3/h6-13,16,29,31,33H,4-5,14-15H2,1-3H3,(H,30,34). The summed E-state index contributed by atoms with van der Waals surface area (Å²) >= 11 is 0. The number of carbonyl (C=O) groups is 1. The summed E-state index contributed by atoms with van der Waals surface area (Å²) in [5, 5.41) is 32.0. The van der Waals surface area contributed by atoms with E-state index in [2.05, 4.69) is 16.0 Å². The number of nitrogens with zero attached hydrogens (tertiary/aromatic N) is 1. The second-order valence-corrected chi connectivity index (χ2v) is 10.2. The van der Waals surface area contributed by atoms with Crippen molar-refractivity contribution in [1.29, 1.82) is 0 Å². The Hall–Kier alpha value is -4.27. The van der Waals surface area contributed by atoms with Crippen LogP contribution in [-0.4, -0.2) is 29.6 Å². The molecule has 1 aliphatic heterocycles. The molecule has 0 saturated heterocycles. The molecule has 0 atom stereocenters. The fraction of sp³-hybridized carbons (Fsp3) is 0.321. The van der Waals surface area contributed by atoms with Gasteiger partial charge in [0.1, 0.15) is 5.75 Å². The van der Waals surface area contributed by atoms with Crippen LogP contribution >= 0.6 is 0 Å². The quantitative estimate of drug-likeness (QED) is 0.250. The number of phenols is 1. The van der Waals surface area contributed by atoms with Gasteiger partial charge in [-0.1, -0.05) is 6.07 Å². The predicted molar refractivity (Wildman–Crippen MR) is 143 cm³/mol. The van der Waals surface area contributed by atoms with Crippen molar-refractivity contribution in [3.63, 3.8) is 0 Å². The number of nitro groups is 1. The lowest BCUT2D eigenvalue weighted by atomic mass is 9.83. The molecule has 0 aromatic heterocycles. The highest BCUT2D eigenvalue weighted by molar-refractivity contribution is 5.89. The summed E-state index contributed by atoms with van der Waals surface area (Å²) in [4.78, 5) is 23.8. The van der Waals surface area contributed by atoms with Crippen LogP contribution in [0.5, 0.6) is 11.5 Å². The number of rotatable bonds is 7. The Morgan fingerprint density at radius 3 is 2.59 bits per heavy atom. The summed E-state index contributed by atoms with van der Waals surface area (Å²) in [7, 11) is 1.38. The summed E-state index contributed by atoms with van der Waals surface area (Å²) in [6.45, 7) is 4.95. The normalized spacial score (nSPS) is 14.4. The molecule has 1 fully saturated rings. The lowest BCUT2D eigenvalue weighted by Crippen LogP contribution is -2.41. The van der Waals surface area contributed by atoms with Crippen LogP contribution in [-0.2, 0) is 16.8 Å². The molecule has 37 heavy (non-hydrogen) atoms. The number of nitrogens with one attached hydrogen (secondary N) is 3. The topological polar surface area (TPSA) is 126 Å². The molecule has 192 valence electrons. The van der Waals surface area contributed by atoms with E-state index in [4.69, 9.17) is 4.74 Å². The van der Waals surface area contributed by atoms with E-state index in [1.165, 1.54) is 26.0 Å². The average molecular weight is 503 g/mol. The number of methoxy groups -OCH3 is 1. The van der Waals surface area contributed by atoms with Crippen LogP contribution in [0.2, 0.25) is 0 Å². The third kappa shape index (κ3) is 4.76. The molecule has 0 radical (unpaired) electrons. The number of anilines is 3. The number of fused-ring (bicyclic) bond motifs is 2. The number of nitro benzene ring substituents is 1. The Labute approximate surface area is 215 Å². The van der Waals surface area contributed by atoms with E-state index in [0.29, 0.717) is 34.8 Å². The lowest BCUT2D eigenvalue weighted by Gasteiger charge is -2.25. The molecule has 9 heteroatoms. The second-order valence-electron chi connectivity index (χ2n) is 10.2. The highest BCUT2D eigenvalue weighted by Crippen LogP contribution is 2.42. The van der Waals surface area contributed by atoms with Gasteiger partial charge in [-0.15, -0.1) is 0 Å². The molecule has 1 amide bonds. The van der Waals surface area contributed by atoms with E-state index < -0.39 is 10.3 Å². The molecule has 0 unspecified atom stereocenters. The van der Waals surface area contributed by atoms with Crippen molar-refractivity contribution in [1.82, 2.24) is 5.32 Å². The summed E-state index contributed by atoms with van der Waals surface area (Å²) in [6, 6.07) is 14.0. The van der Waals surface area contributed by atoms with Crippen molar-refractivity contribution in [3.05, 3.63) is 69.8 Å². The van der Waals surface area contributed by atoms with Crippen molar-refractivity contribution < 1.29 is 19.6 Å². The summed E-state index contributed by atoms with van der Waals surface area (Å²) in [5.74, 6) is 0.835. The molecule has 0 spiro atoms. The zero-order valence-corrected chi connectivity index (χ0v) is 21.1. The largest absolute Gasteiger partial charge is 0.507 e. The number of hydrogen-bond donors (Lipinski definition) is 4. The molecular weight excluding hydrogens is 472 g/mol.